The van der Waals surface area contributed by atoms with E-state index in [1.54, 1.807) is 0 Å². The van der Waals surface area contributed by atoms with Crippen molar-refractivity contribution in [3.05, 3.63) is 60.2 Å². The number of ether oxygens (including phenoxy) is 1. The standard InChI is InChI=1S/C28H36N4O3/c1-2-24-21-32(25-10-6-7-11-26(25)35-24)28(34)31-14-12-23(13-15-31)27(33)30-18-16-29(17-19-30)20-22-8-4-3-5-9-22/h3-11,23-24H,2,12-21H2,1H3/t24-/m1/s1. The predicted molar refractivity (Wildman–Crippen MR) is 136 cm³/mol. The molecule has 3 aliphatic rings. The number of piperazine rings is 1. The lowest BCUT2D eigenvalue weighted by Crippen LogP contribution is -2.54. The van der Waals surface area contributed by atoms with Crippen molar-refractivity contribution in [3.8, 4) is 5.75 Å². The number of hydrogen-bond donors (Lipinski definition) is 0. The number of hydrogen-bond acceptors (Lipinski definition) is 4. The summed E-state index contributed by atoms with van der Waals surface area (Å²) < 4.78 is 6.04. The fourth-order valence-corrected chi connectivity index (χ4v) is 5.41. The third-order valence-corrected chi connectivity index (χ3v) is 7.57. The Morgan fingerprint density at radius 3 is 2.26 bits per heavy atom. The monoisotopic (exact) mass is 476 g/mol. The number of piperidine rings is 1. The summed E-state index contributed by atoms with van der Waals surface area (Å²) >= 11 is 0. The molecule has 0 spiro atoms. The fourth-order valence-electron chi connectivity index (χ4n) is 5.41. The zero-order valence-corrected chi connectivity index (χ0v) is 20.6. The Labute approximate surface area is 208 Å². The van der Waals surface area contributed by atoms with Crippen molar-refractivity contribution in [3.63, 3.8) is 0 Å². The largest absolute Gasteiger partial charge is 0.486 e. The quantitative estimate of drug-likeness (QED) is 0.673. The topological polar surface area (TPSA) is 56.3 Å². The van der Waals surface area contributed by atoms with Crippen LogP contribution in [-0.2, 0) is 11.3 Å². The number of carbonyl (C=O) groups is 2. The zero-order valence-electron chi connectivity index (χ0n) is 20.6. The maximum atomic E-state index is 13.4. The van der Waals surface area contributed by atoms with Crippen LogP contribution in [0.3, 0.4) is 0 Å². The minimum absolute atomic E-state index is 0.00789. The highest BCUT2D eigenvalue weighted by Crippen LogP contribution is 2.35. The molecule has 0 aromatic heterocycles. The molecule has 2 aromatic carbocycles. The van der Waals surface area contributed by atoms with E-state index in [0.717, 1.165) is 63.4 Å². The second kappa shape index (κ2) is 10.7. The highest BCUT2D eigenvalue weighted by atomic mass is 16.5. The molecule has 0 radical (unpaired) electrons. The van der Waals surface area contributed by atoms with Crippen LogP contribution in [0.4, 0.5) is 10.5 Å². The summed E-state index contributed by atoms with van der Waals surface area (Å²) in [6.07, 6.45) is 2.33. The first-order chi connectivity index (χ1) is 17.1. The van der Waals surface area contributed by atoms with Crippen LogP contribution in [0.5, 0.6) is 5.75 Å². The van der Waals surface area contributed by atoms with E-state index in [2.05, 4.69) is 36.1 Å². The summed E-state index contributed by atoms with van der Waals surface area (Å²) in [4.78, 5) is 34.9. The first-order valence-electron chi connectivity index (χ1n) is 13.0. The molecule has 2 aromatic rings. The van der Waals surface area contributed by atoms with E-state index >= 15 is 0 Å². The molecular weight excluding hydrogens is 440 g/mol. The third-order valence-electron chi connectivity index (χ3n) is 7.57. The molecular formula is C28H36N4O3. The second-order valence-corrected chi connectivity index (χ2v) is 9.86. The maximum Gasteiger partial charge on any atom is 0.324 e. The number of rotatable bonds is 4. The van der Waals surface area contributed by atoms with E-state index in [9.17, 15) is 9.59 Å². The highest BCUT2D eigenvalue weighted by Gasteiger charge is 2.35. The summed E-state index contributed by atoms with van der Waals surface area (Å²) in [6.45, 7) is 8.23. The number of benzene rings is 2. The first-order valence-corrected chi connectivity index (χ1v) is 13.0. The summed E-state index contributed by atoms with van der Waals surface area (Å²) in [5, 5.41) is 0. The van der Waals surface area contributed by atoms with Crippen molar-refractivity contribution in [1.29, 1.82) is 0 Å². The van der Waals surface area contributed by atoms with Gasteiger partial charge in [0.1, 0.15) is 11.9 Å². The highest BCUT2D eigenvalue weighted by molar-refractivity contribution is 5.94. The number of nitrogens with zero attached hydrogens (tertiary/aromatic N) is 4. The fraction of sp³-hybridized carbons (Fsp3) is 0.500. The summed E-state index contributed by atoms with van der Waals surface area (Å²) in [5.41, 5.74) is 2.16. The number of carbonyl (C=O) groups excluding carboxylic acids is 2. The molecule has 1 atom stereocenters. The number of amides is 3. The van der Waals surface area contributed by atoms with Gasteiger partial charge in [-0.3, -0.25) is 14.6 Å². The molecule has 3 aliphatic heterocycles. The van der Waals surface area contributed by atoms with Gasteiger partial charge in [-0.25, -0.2) is 4.79 Å². The molecule has 5 rings (SSSR count). The van der Waals surface area contributed by atoms with Crippen LogP contribution < -0.4 is 9.64 Å². The van der Waals surface area contributed by atoms with Crippen molar-refractivity contribution < 1.29 is 14.3 Å². The van der Waals surface area contributed by atoms with Gasteiger partial charge in [-0.2, -0.15) is 0 Å². The Hall–Kier alpha value is -3.06. The molecule has 2 fully saturated rings. The van der Waals surface area contributed by atoms with Crippen LogP contribution in [-0.4, -0.2) is 78.6 Å². The first kappa shape index (κ1) is 23.7. The average Bonchev–Trinajstić information content (AvgIpc) is 2.92. The van der Waals surface area contributed by atoms with E-state index in [0.29, 0.717) is 19.6 Å². The molecule has 35 heavy (non-hydrogen) atoms. The van der Waals surface area contributed by atoms with Crippen LogP contribution >= 0.6 is 0 Å². The van der Waals surface area contributed by atoms with E-state index in [1.807, 2.05) is 45.0 Å². The number of fused-ring (bicyclic) bond motifs is 1. The van der Waals surface area contributed by atoms with Crippen molar-refractivity contribution in [2.45, 2.75) is 38.8 Å². The maximum absolute atomic E-state index is 13.4. The number of likely N-dealkylation sites (tertiary alicyclic amines) is 1. The molecule has 0 saturated carbocycles. The Balaban J connectivity index is 1.12. The van der Waals surface area contributed by atoms with Crippen molar-refractivity contribution >= 4 is 17.6 Å². The molecule has 0 N–H and O–H groups in total. The van der Waals surface area contributed by atoms with Crippen LogP contribution in [0.25, 0.3) is 0 Å². The molecule has 7 heteroatoms. The number of anilines is 1. The third kappa shape index (κ3) is 5.30. The van der Waals surface area contributed by atoms with Gasteiger partial charge in [0.15, 0.2) is 0 Å². The molecule has 3 heterocycles. The van der Waals surface area contributed by atoms with Gasteiger partial charge >= 0.3 is 6.03 Å². The Kier molecular flexibility index (Phi) is 7.23. The van der Waals surface area contributed by atoms with E-state index in [-0.39, 0.29) is 24.0 Å². The lowest BCUT2D eigenvalue weighted by atomic mass is 9.95. The van der Waals surface area contributed by atoms with Gasteiger partial charge in [-0.05, 0) is 37.0 Å². The smallest absolute Gasteiger partial charge is 0.324 e. The van der Waals surface area contributed by atoms with E-state index in [1.165, 1.54) is 5.56 Å². The molecule has 3 amide bonds. The zero-order chi connectivity index (χ0) is 24.2. The Morgan fingerprint density at radius 2 is 1.54 bits per heavy atom. The molecule has 2 saturated heterocycles. The van der Waals surface area contributed by atoms with Crippen LogP contribution in [0.2, 0.25) is 0 Å². The Morgan fingerprint density at radius 1 is 0.857 bits per heavy atom. The predicted octanol–water partition coefficient (Wildman–Crippen LogP) is 3.84. The van der Waals surface area contributed by atoms with Crippen LogP contribution in [0.15, 0.2) is 54.6 Å². The van der Waals surface area contributed by atoms with Gasteiger partial charge in [0, 0.05) is 51.7 Å². The SMILES string of the molecule is CC[C@@H]1CN(C(=O)N2CCC(C(=O)N3CCN(Cc4ccccc4)CC3)CC2)c2ccccc2O1. The van der Waals surface area contributed by atoms with Crippen molar-refractivity contribution in [2.24, 2.45) is 5.92 Å². The average molecular weight is 477 g/mol. The minimum atomic E-state index is 0.00789. The van der Waals surface area contributed by atoms with Gasteiger partial charge < -0.3 is 14.5 Å². The van der Waals surface area contributed by atoms with Gasteiger partial charge in [0.25, 0.3) is 0 Å². The second-order valence-electron chi connectivity index (χ2n) is 9.86. The van der Waals surface area contributed by atoms with Gasteiger partial charge in [-0.1, -0.05) is 49.4 Å². The van der Waals surface area contributed by atoms with Crippen molar-refractivity contribution in [1.82, 2.24) is 14.7 Å². The molecule has 186 valence electrons. The number of para-hydroxylation sites is 2. The van der Waals surface area contributed by atoms with Crippen LogP contribution in [0.1, 0.15) is 31.7 Å². The molecule has 7 nitrogen and oxygen atoms in total. The lowest BCUT2D eigenvalue weighted by Gasteiger charge is -2.41. The molecule has 0 aliphatic carbocycles. The molecule has 0 unspecified atom stereocenters. The minimum Gasteiger partial charge on any atom is -0.486 e. The molecule has 0 bridgehead atoms. The van der Waals surface area contributed by atoms with Crippen molar-refractivity contribution in [2.75, 3.05) is 50.7 Å². The van der Waals surface area contributed by atoms with Gasteiger partial charge in [0.05, 0.1) is 12.2 Å². The normalized spacial score (nSPS) is 21.4. The van der Waals surface area contributed by atoms with E-state index < -0.39 is 0 Å². The van der Waals surface area contributed by atoms with Crippen LogP contribution in [0, 0.1) is 5.92 Å². The lowest BCUT2D eigenvalue weighted by molar-refractivity contribution is -0.138. The van der Waals surface area contributed by atoms with Gasteiger partial charge in [0.2, 0.25) is 5.91 Å². The van der Waals surface area contributed by atoms with Gasteiger partial charge in [-0.15, -0.1) is 0 Å². The summed E-state index contributed by atoms with van der Waals surface area (Å²) in [7, 11) is 0. The summed E-state index contributed by atoms with van der Waals surface area (Å²) in [6, 6.07) is 18.3. The summed E-state index contributed by atoms with van der Waals surface area (Å²) in [5.74, 6) is 1.05. The van der Waals surface area contributed by atoms with E-state index in [4.69, 9.17) is 4.74 Å². The Bertz CT molecular complexity index is 1010. The number of urea groups is 1.